The van der Waals surface area contributed by atoms with Gasteiger partial charge in [0.1, 0.15) is 5.60 Å². The van der Waals surface area contributed by atoms with Gasteiger partial charge in [-0.3, -0.25) is 0 Å². The maximum absolute atomic E-state index is 11.2. The molecule has 0 aromatic heterocycles. The van der Waals surface area contributed by atoms with E-state index in [9.17, 15) is 4.79 Å². The second-order valence-corrected chi connectivity index (χ2v) is 4.49. The molecule has 0 aliphatic heterocycles. The van der Waals surface area contributed by atoms with Crippen LogP contribution in [0.3, 0.4) is 0 Å². The lowest BCUT2D eigenvalue weighted by Gasteiger charge is -2.19. The van der Waals surface area contributed by atoms with E-state index in [-0.39, 0.29) is 5.76 Å². The van der Waals surface area contributed by atoms with Gasteiger partial charge in [-0.2, -0.15) is 0 Å². The van der Waals surface area contributed by atoms with E-state index in [2.05, 4.69) is 17.2 Å². The molecule has 3 N–H and O–H groups in total. The number of rotatable bonds is 6. The molecule has 0 radical (unpaired) electrons. The van der Waals surface area contributed by atoms with Gasteiger partial charge in [-0.15, -0.1) is 0 Å². The molecule has 0 rings (SSSR count). The van der Waals surface area contributed by atoms with Gasteiger partial charge in [0, 0.05) is 26.1 Å². The molecular formula is C11H22N2O3. The van der Waals surface area contributed by atoms with E-state index in [1.807, 2.05) is 20.8 Å². The highest BCUT2D eigenvalue weighted by molar-refractivity contribution is 5.67. The van der Waals surface area contributed by atoms with E-state index < -0.39 is 11.7 Å². The first kappa shape index (κ1) is 14.8. The molecule has 0 unspecified atom stereocenters. The van der Waals surface area contributed by atoms with Crippen molar-refractivity contribution >= 4 is 6.09 Å². The zero-order valence-corrected chi connectivity index (χ0v) is 10.3. The first-order valence-electron chi connectivity index (χ1n) is 5.35. The van der Waals surface area contributed by atoms with Gasteiger partial charge in [-0.25, -0.2) is 4.79 Å². The van der Waals surface area contributed by atoms with Crippen LogP contribution in [-0.2, 0) is 4.74 Å². The smallest absolute Gasteiger partial charge is 0.407 e. The molecule has 94 valence electrons. The van der Waals surface area contributed by atoms with Crippen LogP contribution in [0.15, 0.2) is 12.3 Å². The zero-order valence-electron chi connectivity index (χ0n) is 10.3. The molecule has 0 bridgehead atoms. The molecule has 0 heterocycles. The molecular weight excluding hydrogens is 208 g/mol. The average molecular weight is 230 g/mol. The fourth-order valence-corrected chi connectivity index (χ4v) is 0.925. The minimum absolute atomic E-state index is 0.160. The van der Waals surface area contributed by atoms with E-state index in [1.54, 1.807) is 0 Å². The van der Waals surface area contributed by atoms with Gasteiger partial charge in [0.2, 0.25) is 0 Å². The quantitative estimate of drug-likeness (QED) is 0.478. The lowest BCUT2D eigenvalue weighted by Crippen LogP contribution is -2.36. The average Bonchev–Trinajstić information content (AvgIpc) is 2.07. The lowest BCUT2D eigenvalue weighted by atomic mass is 10.2. The van der Waals surface area contributed by atoms with Gasteiger partial charge in [-0.05, 0) is 20.8 Å². The second-order valence-electron chi connectivity index (χ2n) is 4.49. The van der Waals surface area contributed by atoms with Crippen LogP contribution in [0.2, 0.25) is 0 Å². The van der Waals surface area contributed by atoms with Crippen LogP contribution in [0.4, 0.5) is 4.79 Å². The van der Waals surface area contributed by atoms with E-state index in [0.29, 0.717) is 26.1 Å². The summed E-state index contributed by atoms with van der Waals surface area (Å²) in [6, 6.07) is 0. The Morgan fingerprint density at radius 2 is 1.94 bits per heavy atom. The SMILES string of the molecule is C=C(O)CCNCCNC(=O)OC(C)(C)C. The van der Waals surface area contributed by atoms with Gasteiger partial charge < -0.3 is 20.5 Å². The number of carbonyl (C=O) groups is 1. The number of ether oxygens (including phenoxy) is 1. The van der Waals surface area contributed by atoms with Gasteiger partial charge >= 0.3 is 6.09 Å². The van der Waals surface area contributed by atoms with Gasteiger partial charge in [-0.1, -0.05) is 6.58 Å². The molecule has 0 aromatic carbocycles. The number of amides is 1. The third kappa shape index (κ3) is 10.8. The Labute approximate surface area is 96.9 Å². The first-order valence-corrected chi connectivity index (χ1v) is 5.35. The molecule has 0 atom stereocenters. The topological polar surface area (TPSA) is 70.6 Å². The Morgan fingerprint density at radius 1 is 1.31 bits per heavy atom. The number of hydrogen-bond acceptors (Lipinski definition) is 4. The number of nitrogens with one attached hydrogen (secondary N) is 2. The van der Waals surface area contributed by atoms with E-state index in [1.165, 1.54) is 0 Å². The minimum Gasteiger partial charge on any atom is -0.513 e. The largest absolute Gasteiger partial charge is 0.513 e. The molecule has 0 saturated heterocycles. The van der Waals surface area contributed by atoms with Crippen LogP contribution in [0.5, 0.6) is 0 Å². The molecule has 5 heteroatoms. The standard InChI is InChI=1S/C11H22N2O3/c1-9(14)5-6-12-7-8-13-10(15)16-11(2,3)4/h12,14H,1,5-8H2,2-4H3,(H,13,15). The first-order chi connectivity index (χ1) is 7.31. The Balaban J connectivity index is 3.38. The Kier molecular flexibility index (Phi) is 6.56. The summed E-state index contributed by atoms with van der Waals surface area (Å²) in [5.74, 6) is 0.160. The van der Waals surface area contributed by atoms with Crippen LogP contribution in [-0.4, -0.2) is 36.4 Å². The summed E-state index contributed by atoms with van der Waals surface area (Å²) in [5.41, 5.74) is -0.466. The highest BCUT2D eigenvalue weighted by Gasteiger charge is 2.15. The van der Waals surface area contributed by atoms with Crippen molar-refractivity contribution in [1.29, 1.82) is 0 Å². The highest BCUT2D eigenvalue weighted by Crippen LogP contribution is 2.05. The summed E-state index contributed by atoms with van der Waals surface area (Å²) < 4.78 is 5.05. The van der Waals surface area contributed by atoms with Crippen molar-refractivity contribution in [3.63, 3.8) is 0 Å². The molecule has 0 aromatic rings. The van der Waals surface area contributed by atoms with E-state index in [0.717, 1.165) is 0 Å². The van der Waals surface area contributed by atoms with Crippen LogP contribution >= 0.6 is 0 Å². The Hall–Kier alpha value is -1.23. The van der Waals surface area contributed by atoms with Crippen molar-refractivity contribution in [2.45, 2.75) is 32.8 Å². The Morgan fingerprint density at radius 3 is 2.44 bits per heavy atom. The molecule has 0 spiro atoms. The van der Waals surface area contributed by atoms with Crippen molar-refractivity contribution in [2.75, 3.05) is 19.6 Å². The van der Waals surface area contributed by atoms with Gasteiger partial charge in [0.15, 0.2) is 0 Å². The number of aliphatic hydroxyl groups excluding tert-OH is 1. The fraction of sp³-hybridized carbons (Fsp3) is 0.727. The Bertz CT molecular complexity index is 234. The van der Waals surface area contributed by atoms with Crippen molar-refractivity contribution < 1.29 is 14.6 Å². The van der Waals surface area contributed by atoms with Crippen molar-refractivity contribution in [2.24, 2.45) is 0 Å². The normalized spacial score (nSPS) is 10.9. The van der Waals surface area contributed by atoms with Crippen molar-refractivity contribution in [3.8, 4) is 0 Å². The summed E-state index contributed by atoms with van der Waals surface area (Å²) in [5, 5.41) is 14.5. The molecule has 0 fully saturated rings. The molecule has 16 heavy (non-hydrogen) atoms. The van der Waals surface area contributed by atoms with Crippen LogP contribution in [0.1, 0.15) is 27.2 Å². The number of alkyl carbamates (subject to hydrolysis) is 1. The van der Waals surface area contributed by atoms with Crippen molar-refractivity contribution in [3.05, 3.63) is 12.3 Å². The highest BCUT2D eigenvalue weighted by atomic mass is 16.6. The maximum atomic E-state index is 11.2. The molecule has 5 nitrogen and oxygen atoms in total. The van der Waals surface area contributed by atoms with E-state index >= 15 is 0 Å². The van der Waals surface area contributed by atoms with Crippen LogP contribution < -0.4 is 10.6 Å². The fourth-order valence-electron chi connectivity index (χ4n) is 0.925. The zero-order chi connectivity index (χ0) is 12.6. The summed E-state index contributed by atoms with van der Waals surface area (Å²) in [7, 11) is 0. The molecule has 0 aliphatic carbocycles. The minimum atomic E-state index is -0.466. The summed E-state index contributed by atoms with van der Waals surface area (Å²) in [4.78, 5) is 11.2. The maximum Gasteiger partial charge on any atom is 0.407 e. The van der Waals surface area contributed by atoms with Crippen LogP contribution in [0.25, 0.3) is 0 Å². The molecule has 1 amide bonds. The third-order valence-corrected chi connectivity index (χ3v) is 1.56. The summed E-state index contributed by atoms with van der Waals surface area (Å²) in [6.07, 6.45) is 0.104. The predicted molar refractivity (Wildman–Crippen MR) is 63.5 cm³/mol. The number of carbonyl (C=O) groups excluding carboxylic acids is 1. The monoisotopic (exact) mass is 230 g/mol. The summed E-state index contributed by atoms with van der Waals surface area (Å²) in [6.45, 7) is 10.6. The predicted octanol–water partition coefficient (Wildman–Crippen LogP) is 1.56. The van der Waals surface area contributed by atoms with Crippen molar-refractivity contribution in [1.82, 2.24) is 10.6 Å². The second kappa shape index (κ2) is 7.11. The third-order valence-electron chi connectivity index (χ3n) is 1.56. The molecule has 0 aliphatic rings. The van der Waals surface area contributed by atoms with Gasteiger partial charge in [0.25, 0.3) is 0 Å². The molecule has 0 saturated carbocycles. The van der Waals surface area contributed by atoms with E-state index in [4.69, 9.17) is 9.84 Å². The lowest BCUT2D eigenvalue weighted by molar-refractivity contribution is 0.0528. The summed E-state index contributed by atoms with van der Waals surface area (Å²) >= 11 is 0. The number of hydrogen-bond donors (Lipinski definition) is 3. The van der Waals surface area contributed by atoms with Crippen LogP contribution in [0, 0.1) is 0 Å². The van der Waals surface area contributed by atoms with Gasteiger partial charge in [0.05, 0.1) is 5.76 Å². The number of aliphatic hydroxyl groups is 1.